The second-order valence-electron chi connectivity index (χ2n) is 6.91. The SMILES string of the molecule is CNC(C)CC(=O)O.COc1ccc(Cl)cc1C1=CCC=C(C)C=C1.O=CCCC(=O)O. The van der Waals surface area contributed by atoms with Crippen LogP contribution in [0, 0.1) is 0 Å². The van der Waals surface area contributed by atoms with Crippen LogP contribution in [0.4, 0.5) is 0 Å². The van der Waals surface area contributed by atoms with Gasteiger partial charge >= 0.3 is 11.9 Å². The van der Waals surface area contributed by atoms with Crippen molar-refractivity contribution in [2.45, 2.75) is 45.6 Å². The zero-order valence-electron chi connectivity index (χ0n) is 18.9. The second kappa shape index (κ2) is 16.8. The van der Waals surface area contributed by atoms with Crippen LogP contribution in [0.15, 0.2) is 48.1 Å². The number of carbonyl (C=O) groups excluding carboxylic acids is 1. The minimum absolute atomic E-state index is 0.0521. The number of carbonyl (C=O) groups is 3. The molecule has 1 aromatic carbocycles. The molecule has 1 unspecified atom stereocenters. The predicted molar refractivity (Wildman–Crippen MR) is 127 cm³/mol. The first-order valence-corrected chi connectivity index (χ1v) is 10.5. The van der Waals surface area contributed by atoms with Crippen molar-refractivity contribution in [1.82, 2.24) is 5.32 Å². The molecule has 0 fully saturated rings. The molecule has 0 aromatic heterocycles. The van der Waals surface area contributed by atoms with Gasteiger partial charge in [0.15, 0.2) is 0 Å². The van der Waals surface area contributed by atoms with E-state index in [0.29, 0.717) is 6.29 Å². The molecule has 1 aliphatic carbocycles. The maximum absolute atomic E-state index is 9.93. The van der Waals surface area contributed by atoms with Crippen LogP contribution in [0.3, 0.4) is 0 Å². The second-order valence-corrected chi connectivity index (χ2v) is 7.34. The number of nitrogens with one attached hydrogen (secondary N) is 1. The number of hydrogen-bond acceptors (Lipinski definition) is 5. The maximum atomic E-state index is 9.93. The van der Waals surface area contributed by atoms with E-state index in [0.717, 1.165) is 28.3 Å². The van der Waals surface area contributed by atoms with Gasteiger partial charge in [0.25, 0.3) is 0 Å². The summed E-state index contributed by atoms with van der Waals surface area (Å²) in [6.45, 7) is 3.93. The van der Waals surface area contributed by atoms with Crippen molar-refractivity contribution in [3.8, 4) is 5.75 Å². The van der Waals surface area contributed by atoms with E-state index in [-0.39, 0.29) is 25.3 Å². The minimum atomic E-state index is -0.924. The number of carboxylic acids is 2. The highest BCUT2D eigenvalue weighted by molar-refractivity contribution is 6.30. The van der Waals surface area contributed by atoms with Crippen molar-refractivity contribution in [2.75, 3.05) is 14.2 Å². The Morgan fingerprint density at radius 2 is 1.91 bits per heavy atom. The van der Waals surface area contributed by atoms with Crippen LogP contribution in [-0.4, -0.2) is 48.6 Å². The number of methoxy groups -OCH3 is 1. The normalized spacial score (nSPS) is 13.0. The number of carboxylic acid groups (broad SMARTS) is 2. The molecular weight excluding hydrogens is 434 g/mol. The fourth-order valence-corrected chi connectivity index (χ4v) is 2.55. The molecule has 176 valence electrons. The summed E-state index contributed by atoms with van der Waals surface area (Å²) in [7, 11) is 3.42. The Morgan fingerprint density at radius 1 is 1.22 bits per heavy atom. The van der Waals surface area contributed by atoms with Crippen LogP contribution in [0.25, 0.3) is 5.57 Å². The van der Waals surface area contributed by atoms with Crippen molar-refractivity contribution in [1.29, 1.82) is 0 Å². The van der Waals surface area contributed by atoms with Crippen LogP contribution >= 0.6 is 11.6 Å². The molecule has 0 heterocycles. The molecule has 3 N–H and O–H groups in total. The molecule has 0 radical (unpaired) electrons. The van der Waals surface area contributed by atoms with Gasteiger partial charge in [-0.15, -0.1) is 0 Å². The van der Waals surface area contributed by atoms with Gasteiger partial charge in [-0.3, -0.25) is 9.59 Å². The molecule has 1 aromatic rings. The number of aldehydes is 1. The van der Waals surface area contributed by atoms with E-state index in [1.807, 2.05) is 25.1 Å². The third-order valence-electron chi connectivity index (χ3n) is 4.23. The van der Waals surface area contributed by atoms with Gasteiger partial charge in [0.05, 0.1) is 20.0 Å². The molecule has 0 amide bonds. The minimum Gasteiger partial charge on any atom is -0.496 e. The Morgan fingerprint density at radius 3 is 2.38 bits per heavy atom. The highest BCUT2D eigenvalue weighted by Gasteiger charge is 2.08. The summed E-state index contributed by atoms with van der Waals surface area (Å²) in [4.78, 5) is 29.0. The number of halogens is 1. The molecule has 1 atom stereocenters. The summed E-state index contributed by atoms with van der Waals surface area (Å²) < 4.78 is 5.37. The Labute approximate surface area is 194 Å². The fraction of sp³-hybridized carbons (Fsp3) is 0.375. The van der Waals surface area contributed by atoms with Gasteiger partial charge in [-0.1, -0.05) is 41.5 Å². The maximum Gasteiger partial charge on any atom is 0.304 e. The zero-order valence-corrected chi connectivity index (χ0v) is 19.7. The lowest BCUT2D eigenvalue weighted by Gasteiger charge is -2.09. The molecule has 1 aliphatic rings. The van der Waals surface area contributed by atoms with E-state index in [9.17, 15) is 14.4 Å². The predicted octanol–water partition coefficient (Wildman–Crippen LogP) is 4.76. The number of aliphatic carboxylic acids is 2. The lowest BCUT2D eigenvalue weighted by atomic mass is 10.0. The standard InChI is InChI=1S/C15H15ClO.C5H11NO2.C4H6O3/c1-11-4-3-5-12(7-6-11)14-10-13(16)8-9-15(14)17-2;1-4(6-2)3-5(7)8;5-3-1-2-4(6)7/h4-10H,3H2,1-2H3;4,6H,3H2,1-2H3,(H,7,8);3H,1-2H2,(H,6,7). The molecule has 32 heavy (non-hydrogen) atoms. The number of hydrogen-bond donors (Lipinski definition) is 3. The van der Waals surface area contributed by atoms with E-state index in [1.54, 1.807) is 14.2 Å². The van der Waals surface area contributed by atoms with E-state index in [4.69, 9.17) is 26.6 Å². The average Bonchev–Trinajstić information content (AvgIpc) is 2.97. The summed E-state index contributed by atoms with van der Waals surface area (Å²) in [6, 6.07) is 5.76. The smallest absolute Gasteiger partial charge is 0.304 e. The van der Waals surface area contributed by atoms with E-state index >= 15 is 0 Å². The van der Waals surface area contributed by atoms with Crippen molar-refractivity contribution < 1.29 is 29.3 Å². The first kappa shape index (κ1) is 29.1. The van der Waals surface area contributed by atoms with Gasteiger partial charge in [0.2, 0.25) is 0 Å². The van der Waals surface area contributed by atoms with Crippen molar-refractivity contribution >= 4 is 35.4 Å². The number of rotatable bonds is 8. The van der Waals surface area contributed by atoms with Crippen LogP contribution in [-0.2, 0) is 14.4 Å². The first-order chi connectivity index (χ1) is 15.1. The molecule has 0 saturated heterocycles. The molecule has 0 bridgehead atoms. The fourth-order valence-electron chi connectivity index (χ4n) is 2.38. The molecule has 0 spiro atoms. The Balaban J connectivity index is 0.000000537. The highest BCUT2D eigenvalue weighted by atomic mass is 35.5. The third kappa shape index (κ3) is 13.4. The Kier molecular flexibility index (Phi) is 15.2. The zero-order chi connectivity index (χ0) is 24.5. The number of ether oxygens (including phenoxy) is 1. The van der Waals surface area contributed by atoms with E-state index < -0.39 is 11.9 Å². The van der Waals surface area contributed by atoms with Crippen molar-refractivity contribution in [3.05, 3.63) is 58.7 Å². The number of benzene rings is 1. The Bertz CT molecular complexity index is 845. The van der Waals surface area contributed by atoms with Crippen LogP contribution < -0.4 is 10.1 Å². The van der Waals surface area contributed by atoms with Gasteiger partial charge in [-0.05, 0) is 51.1 Å². The van der Waals surface area contributed by atoms with E-state index in [2.05, 4.69) is 36.5 Å². The molecule has 0 aliphatic heterocycles. The van der Waals surface area contributed by atoms with Crippen LogP contribution in [0.1, 0.15) is 45.1 Å². The monoisotopic (exact) mass is 465 g/mol. The molecule has 8 heteroatoms. The summed E-state index contributed by atoms with van der Waals surface area (Å²) in [5, 5.41) is 19.6. The summed E-state index contributed by atoms with van der Waals surface area (Å²) in [5.74, 6) is -0.830. The molecule has 7 nitrogen and oxygen atoms in total. The quantitative estimate of drug-likeness (QED) is 0.474. The molecular formula is C24H32ClNO6. The lowest BCUT2D eigenvalue weighted by molar-refractivity contribution is -0.138. The molecule has 2 rings (SSSR count). The van der Waals surface area contributed by atoms with Crippen LogP contribution in [0.2, 0.25) is 5.02 Å². The lowest BCUT2D eigenvalue weighted by Crippen LogP contribution is -2.24. The van der Waals surface area contributed by atoms with Gasteiger partial charge in [0, 0.05) is 23.0 Å². The van der Waals surface area contributed by atoms with E-state index in [1.165, 1.54) is 5.57 Å². The van der Waals surface area contributed by atoms with Gasteiger partial charge < -0.3 is 25.1 Å². The van der Waals surface area contributed by atoms with Crippen molar-refractivity contribution in [2.24, 2.45) is 0 Å². The molecule has 0 saturated carbocycles. The number of allylic oxidation sites excluding steroid dienone is 6. The summed E-state index contributed by atoms with van der Waals surface area (Å²) >= 11 is 6.04. The summed E-state index contributed by atoms with van der Waals surface area (Å²) in [5.41, 5.74) is 3.47. The summed E-state index contributed by atoms with van der Waals surface area (Å²) in [6.07, 6.45) is 10.4. The third-order valence-corrected chi connectivity index (χ3v) is 4.46. The van der Waals surface area contributed by atoms with Gasteiger partial charge in [-0.2, -0.15) is 0 Å². The van der Waals surface area contributed by atoms with Crippen LogP contribution in [0.5, 0.6) is 5.75 Å². The first-order valence-electron chi connectivity index (χ1n) is 10.1. The Hall–Kier alpha value is -2.90. The topological polar surface area (TPSA) is 113 Å². The van der Waals surface area contributed by atoms with Crippen molar-refractivity contribution in [3.63, 3.8) is 0 Å². The highest BCUT2D eigenvalue weighted by Crippen LogP contribution is 2.31. The van der Waals surface area contributed by atoms with Gasteiger partial charge in [-0.25, -0.2) is 0 Å². The largest absolute Gasteiger partial charge is 0.496 e. The average molecular weight is 466 g/mol. The van der Waals surface area contributed by atoms with Gasteiger partial charge in [0.1, 0.15) is 12.0 Å².